The van der Waals surface area contributed by atoms with E-state index < -0.39 is 0 Å². The fraction of sp³-hybridized carbons (Fsp3) is 0.143. The molecule has 0 spiro atoms. The zero-order valence-electron chi connectivity index (χ0n) is 18.5. The maximum atomic E-state index is 13.2. The van der Waals surface area contributed by atoms with Crippen LogP contribution in [0.4, 0.5) is 5.69 Å². The second-order valence-electron chi connectivity index (χ2n) is 7.90. The van der Waals surface area contributed by atoms with Crippen LogP contribution in [0, 0.1) is 0 Å². The van der Waals surface area contributed by atoms with E-state index in [1.54, 1.807) is 17.0 Å². The number of hydrogen-bond acceptors (Lipinski definition) is 3. The molecule has 0 unspecified atom stereocenters. The summed E-state index contributed by atoms with van der Waals surface area (Å²) in [6.45, 7) is 2.36. The third-order valence-corrected chi connectivity index (χ3v) is 5.42. The summed E-state index contributed by atoms with van der Waals surface area (Å²) in [4.78, 5) is 27.6. The molecule has 1 aromatic heterocycles. The molecule has 0 bridgehead atoms. The number of anilines is 1. The molecule has 0 aliphatic carbocycles. The Bertz CT molecular complexity index is 1190. The normalized spacial score (nSPS) is 11.5. The van der Waals surface area contributed by atoms with Gasteiger partial charge in [0, 0.05) is 5.69 Å². The highest BCUT2D eigenvalue weighted by Crippen LogP contribution is 2.22. The number of carbonyl (C=O) groups is 2. The van der Waals surface area contributed by atoms with Crippen LogP contribution in [0.15, 0.2) is 108 Å². The molecule has 1 N–H and O–H groups in total. The van der Waals surface area contributed by atoms with E-state index in [0.29, 0.717) is 12.2 Å². The predicted octanol–water partition coefficient (Wildman–Crippen LogP) is 5.55. The Kier molecular flexibility index (Phi) is 7.00. The van der Waals surface area contributed by atoms with Crippen molar-refractivity contribution in [2.75, 3.05) is 4.90 Å². The van der Waals surface area contributed by atoms with Gasteiger partial charge in [0.15, 0.2) is 5.76 Å². The van der Waals surface area contributed by atoms with Crippen LogP contribution in [0.3, 0.4) is 0 Å². The van der Waals surface area contributed by atoms with E-state index in [4.69, 9.17) is 4.42 Å². The fourth-order valence-electron chi connectivity index (χ4n) is 3.72. The largest absolute Gasteiger partial charge is 0.459 e. The zero-order chi connectivity index (χ0) is 23.0. The quantitative estimate of drug-likeness (QED) is 0.392. The lowest BCUT2D eigenvalue weighted by molar-refractivity contribution is -0.121. The first-order valence-electron chi connectivity index (χ1n) is 10.9. The van der Waals surface area contributed by atoms with Gasteiger partial charge in [-0.15, -0.1) is 0 Å². The van der Waals surface area contributed by atoms with Gasteiger partial charge in [-0.1, -0.05) is 72.8 Å². The van der Waals surface area contributed by atoms with Gasteiger partial charge in [0.05, 0.1) is 25.3 Å². The Morgan fingerprint density at radius 2 is 1.55 bits per heavy atom. The first-order valence-corrected chi connectivity index (χ1v) is 10.9. The van der Waals surface area contributed by atoms with Gasteiger partial charge >= 0.3 is 0 Å². The molecule has 0 saturated carbocycles. The van der Waals surface area contributed by atoms with Gasteiger partial charge in [0.1, 0.15) is 0 Å². The number of nitrogens with zero attached hydrogens (tertiary/aromatic N) is 1. The third kappa shape index (κ3) is 5.77. The minimum Gasteiger partial charge on any atom is -0.459 e. The van der Waals surface area contributed by atoms with Crippen LogP contribution in [0.1, 0.15) is 40.2 Å². The van der Waals surface area contributed by atoms with E-state index in [0.717, 1.165) is 16.7 Å². The average molecular weight is 439 g/mol. The van der Waals surface area contributed by atoms with E-state index in [1.807, 2.05) is 91.9 Å². The monoisotopic (exact) mass is 438 g/mol. The molecule has 2 amide bonds. The van der Waals surface area contributed by atoms with Gasteiger partial charge in [-0.2, -0.15) is 0 Å². The Morgan fingerprint density at radius 1 is 0.848 bits per heavy atom. The maximum absolute atomic E-state index is 13.2. The second kappa shape index (κ2) is 10.5. The van der Waals surface area contributed by atoms with Gasteiger partial charge in [0.25, 0.3) is 5.91 Å². The van der Waals surface area contributed by atoms with E-state index in [-0.39, 0.29) is 30.0 Å². The molecule has 1 heterocycles. The number of carbonyl (C=O) groups excluding carboxylic acids is 2. The highest BCUT2D eigenvalue weighted by atomic mass is 16.3. The van der Waals surface area contributed by atoms with Crippen molar-refractivity contribution in [3.8, 4) is 0 Å². The first kappa shape index (κ1) is 22.1. The van der Waals surface area contributed by atoms with Gasteiger partial charge in [0.2, 0.25) is 5.91 Å². The summed E-state index contributed by atoms with van der Waals surface area (Å²) in [5.74, 6) is -0.0376. The van der Waals surface area contributed by atoms with E-state index >= 15 is 0 Å². The van der Waals surface area contributed by atoms with Gasteiger partial charge in [-0.05, 0) is 47.9 Å². The highest BCUT2D eigenvalue weighted by molar-refractivity contribution is 6.04. The van der Waals surface area contributed by atoms with Gasteiger partial charge < -0.3 is 14.6 Å². The zero-order valence-corrected chi connectivity index (χ0v) is 18.5. The molecular formula is C28H26N2O3. The number of nitrogens with one attached hydrogen (secondary N) is 1. The lowest BCUT2D eigenvalue weighted by atomic mass is 10.1. The van der Waals surface area contributed by atoms with Crippen LogP contribution < -0.4 is 10.2 Å². The summed E-state index contributed by atoms with van der Waals surface area (Å²) in [6.07, 6.45) is 1.71. The van der Waals surface area contributed by atoms with Crippen molar-refractivity contribution in [1.29, 1.82) is 0 Å². The Labute approximate surface area is 193 Å². The minimum atomic E-state index is -0.233. The predicted molar refractivity (Wildman–Crippen MR) is 129 cm³/mol. The smallest absolute Gasteiger partial charge is 0.294 e. The van der Waals surface area contributed by atoms with Crippen molar-refractivity contribution in [1.82, 2.24) is 5.32 Å². The van der Waals surface area contributed by atoms with E-state index in [2.05, 4.69) is 5.32 Å². The topological polar surface area (TPSA) is 62.6 Å². The fourth-order valence-corrected chi connectivity index (χ4v) is 3.72. The molecule has 5 heteroatoms. The van der Waals surface area contributed by atoms with Crippen LogP contribution in [0.25, 0.3) is 0 Å². The Balaban J connectivity index is 1.52. The van der Waals surface area contributed by atoms with Crippen molar-refractivity contribution in [3.63, 3.8) is 0 Å². The second-order valence-corrected chi connectivity index (χ2v) is 7.90. The van der Waals surface area contributed by atoms with Crippen molar-refractivity contribution in [3.05, 3.63) is 126 Å². The van der Waals surface area contributed by atoms with Crippen molar-refractivity contribution in [2.45, 2.75) is 25.9 Å². The molecule has 4 rings (SSSR count). The number of amides is 2. The van der Waals surface area contributed by atoms with Crippen molar-refractivity contribution >= 4 is 17.5 Å². The van der Waals surface area contributed by atoms with E-state index in [1.165, 1.54) is 6.26 Å². The molecule has 3 aromatic carbocycles. The SMILES string of the molecule is C[C@@H](NC(=O)Cc1cccc(N(Cc2ccccc2)C(=O)c2ccco2)c1)c1ccccc1. The molecule has 0 aliphatic rings. The van der Waals surface area contributed by atoms with Crippen LogP contribution in [-0.2, 0) is 17.8 Å². The summed E-state index contributed by atoms with van der Waals surface area (Å²) in [7, 11) is 0. The summed E-state index contributed by atoms with van der Waals surface area (Å²) in [6, 6.07) is 30.4. The summed E-state index contributed by atoms with van der Waals surface area (Å²) in [5.41, 5.74) is 3.59. The van der Waals surface area contributed by atoms with Crippen LogP contribution in [0.2, 0.25) is 0 Å². The molecule has 0 fully saturated rings. The highest BCUT2D eigenvalue weighted by Gasteiger charge is 2.21. The van der Waals surface area contributed by atoms with Gasteiger partial charge in [-0.25, -0.2) is 0 Å². The van der Waals surface area contributed by atoms with Crippen molar-refractivity contribution < 1.29 is 14.0 Å². The summed E-state index contributed by atoms with van der Waals surface area (Å²) < 4.78 is 5.36. The molecule has 166 valence electrons. The van der Waals surface area contributed by atoms with Crippen molar-refractivity contribution in [2.24, 2.45) is 0 Å². The van der Waals surface area contributed by atoms with E-state index in [9.17, 15) is 9.59 Å². The van der Waals surface area contributed by atoms with Gasteiger partial charge in [-0.3, -0.25) is 9.59 Å². The van der Waals surface area contributed by atoms with Crippen LogP contribution in [0.5, 0.6) is 0 Å². The number of hydrogen-bond donors (Lipinski definition) is 1. The Morgan fingerprint density at radius 3 is 2.24 bits per heavy atom. The lowest BCUT2D eigenvalue weighted by Gasteiger charge is -2.23. The first-order chi connectivity index (χ1) is 16.1. The molecule has 0 aliphatic heterocycles. The number of furan rings is 1. The average Bonchev–Trinajstić information content (AvgIpc) is 3.38. The third-order valence-electron chi connectivity index (χ3n) is 5.42. The molecule has 0 radical (unpaired) electrons. The maximum Gasteiger partial charge on any atom is 0.294 e. The minimum absolute atomic E-state index is 0.0736. The van der Waals surface area contributed by atoms with Crippen LogP contribution >= 0.6 is 0 Å². The lowest BCUT2D eigenvalue weighted by Crippen LogP contribution is -2.30. The Hall–Kier alpha value is -4.12. The molecule has 1 atom stereocenters. The standard InChI is InChI=1S/C28H26N2O3/c1-21(24-13-6-3-7-14-24)29-27(31)19-23-12-8-15-25(18-23)30(20-22-10-4-2-5-11-22)28(32)26-16-9-17-33-26/h2-18,21H,19-20H2,1H3,(H,29,31)/t21-/m1/s1. The summed E-state index contributed by atoms with van der Waals surface area (Å²) in [5, 5.41) is 3.04. The molecular weight excluding hydrogens is 412 g/mol. The molecule has 0 saturated heterocycles. The summed E-state index contributed by atoms with van der Waals surface area (Å²) >= 11 is 0. The molecule has 5 nitrogen and oxygen atoms in total. The molecule has 4 aromatic rings. The number of benzene rings is 3. The van der Waals surface area contributed by atoms with Crippen LogP contribution in [-0.4, -0.2) is 11.8 Å². The molecule has 33 heavy (non-hydrogen) atoms. The number of rotatable bonds is 8.